The Morgan fingerprint density at radius 2 is 1.03 bits per heavy atom. The number of aromatic nitrogens is 4. The van der Waals surface area contributed by atoms with Crippen LogP contribution in [0.2, 0.25) is 0 Å². The summed E-state index contributed by atoms with van der Waals surface area (Å²) in [5, 5.41) is 0. The van der Waals surface area contributed by atoms with Crippen LogP contribution in [0.25, 0.3) is 22.8 Å². The smallest absolute Gasteiger partial charge is 0.312 e. The van der Waals surface area contributed by atoms with Crippen LogP contribution in [-0.4, -0.2) is 43.4 Å². The quantitative estimate of drug-likeness (QED) is 0.148. The molecule has 4 rings (SSSR count). The van der Waals surface area contributed by atoms with E-state index < -0.39 is 0 Å². The minimum atomic E-state index is -0.331. The Bertz CT molecular complexity index is 1190. The lowest BCUT2D eigenvalue weighted by Gasteiger charge is -2.07. The molecule has 0 amide bonds. The van der Waals surface area contributed by atoms with E-state index in [0.717, 1.165) is 0 Å². The SMILES string of the molecule is O=C(CCSSCCC(=O)Oc1ccnc(-c2ccccn2)c1)Oc1ccnc(-c2ccccn2)c1. The molecule has 0 N–H and O–H groups in total. The van der Waals surface area contributed by atoms with Crippen LogP contribution in [0.5, 0.6) is 11.5 Å². The maximum absolute atomic E-state index is 12.2. The van der Waals surface area contributed by atoms with Gasteiger partial charge in [0.1, 0.15) is 11.5 Å². The van der Waals surface area contributed by atoms with E-state index in [9.17, 15) is 9.59 Å². The van der Waals surface area contributed by atoms with Gasteiger partial charge >= 0.3 is 11.9 Å². The molecule has 0 aromatic carbocycles. The Labute approximate surface area is 216 Å². The monoisotopic (exact) mass is 518 g/mol. The van der Waals surface area contributed by atoms with Gasteiger partial charge in [0.2, 0.25) is 0 Å². The van der Waals surface area contributed by atoms with Crippen molar-refractivity contribution in [3.8, 4) is 34.3 Å². The standard InChI is InChI=1S/C26H22N4O4S2/c31-25(33-19-7-13-29-23(17-19)21-5-1-3-11-27-21)9-15-35-36-16-10-26(32)34-20-8-14-30-24(18-20)22-6-2-4-12-28-22/h1-8,11-14,17-18H,9-10,15-16H2. The Hall–Kier alpha value is -3.76. The molecule has 0 saturated carbocycles. The molecule has 0 unspecified atom stereocenters. The molecule has 4 aromatic rings. The third kappa shape index (κ3) is 7.89. The average molecular weight is 519 g/mol. The highest BCUT2D eigenvalue weighted by molar-refractivity contribution is 8.76. The number of hydrogen-bond donors (Lipinski definition) is 0. The van der Waals surface area contributed by atoms with Gasteiger partial charge in [0.15, 0.2) is 0 Å². The van der Waals surface area contributed by atoms with Gasteiger partial charge < -0.3 is 9.47 Å². The number of nitrogens with zero attached hydrogens (tertiary/aromatic N) is 4. The lowest BCUT2D eigenvalue weighted by atomic mass is 10.2. The first kappa shape index (κ1) is 25.3. The molecule has 4 aromatic heterocycles. The van der Waals surface area contributed by atoms with Gasteiger partial charge in [0.05, 0.1) is 35.6 Å². The number of carbonyl (C=O) groups excluding carboxylic acids is 2. The maximum Gasteiger partial charge on any atom is 0.312 e. The third-order valence-corrected chi connectivity index (χ3v) is 7.05. The topological polar surface area (TPSA) is 104 Å². The number of carbonyl (C=O) groups is 2. The van der Waals surface area contributed by atoms with Crippen molar-refractivity contribution in [2.45, 2.75) is 12.8 Å². The van der Waals surface area contributed by atoms with Crippen LogP contribution < -0.4 is 9.47 Å². The summed E-state index contributed by atoms with van der Waals surface area (Å²) in [5.74, 6) is 1.32. The van der Waals surface area contributed by atoms with Crippen LogP contribution in [0.3, 0.4) is 0 Å². The van der Waals surface area contributed by atoms with E-state index in [4.69, 9.17) is 9.47 Å². The number of esters is 2. The van der Waals surface area contributed by atoms with Crippen molar-refractivity contribution >= 4 is 33.5 Å². The predicted molar refractivity (Wildman–Crippen MR) is 140 cm³/mol. The van der Waals surface area contributed by atoms with Gasteiger partial charge in [-0.15, -0.1) is 0 Å². The van der Waals surface area contributed by atoms with Crippen molar-refractivity contribution in [2.75, 3.05) is 11.5 Å². The molecule has 0 atom stereocenters. The molecule has 36 heavy (non-hydrogen) atoms. The highest BCUT2D eigenvalue weighted by Crippen LogP contribution is 2.25. The molecule has 182 valence electrons. The summed E-state index contributed by atoms with van der Waals surface area (Å²) >= 11 is 0. The number of ether oxygens (including phenoxy) is 2. The normalized spacial score (nSPS) is 10.6. The maximum atomic E-state index is 12.2. The lowest BCUT2D eigenvalue weighted by Crippen LogP contribution is -2.09. The van der Waals surface area contributed by atoms with Gasteiger partial charge in [-0.25, -0.2) is 0 Å². The molecule has 8 nitrogen and oxygen atoms in total. The number of rotatable bonds is 11. The van der Waals surface area contributed by atoms with E-state index >= 15 is 0 Å². The van der Waals surface area contributed by atoms with Gasteiger partial charge in [-0.05, 0) is 36.4 Å². The lowest BCUT2D eigenvalue weighted by molar-refractivity contribution is -0.134. The fraction of sp³-hybridized carbons (Fsp3) is 0.154. The minimum absolute atomic E-state index is 0.247. The average Bonchev–Trinajstić information content (AvgIpc) is 2.92. The van der Waals surface area contributed by atoms with Gasteiger partial charge in [-0.1, -0.05) is 33.7 Å². The Kier molecular flexibility index (Phi) is 9.40. The van der Waals surface area contributed by atoms with Crippen LogP contribution in [-0.2, 0) is 9.59 Å². The summed E-state index contributed by atoms with van der Waals surface area (Å²) in [6.07, 6.45) is 7.03. The zero-order valence-corrected chi connectivity index (χ0v) is 20.8. The fourth-order valence-corrected chi connectivity index (χ4v) is 4.93. The van der Waals surface area contributed by atoms with Crippen LogP contribution in [0.15, 0.2) is 85.5 Å². The van der Waals surface area contributed by atoms with Crippen LogP contribution in [0.4, 0.5) is 0 Å². The second-order valence-electron chi connectivity index (χ2n) is 7.28. The zero-order chi connectivity index (χ0) is 25.0. The Morgan fingerprint density at radius 3 is 1.44 bits per heavy atom. The van der Waals surface area contributed by atoms with Crippen LogP contribution in [0.1, 0.15) is 12.8 Å². The Morgan fingerprint density at radius 1 is 0.583 bits per heavy atom. The summed E-state index contributed by atoms with van der Waals surface area (Å²) in [5.41, 5.74) is 2.69. The zero-order valence-electron chi connectivity index (χ0n) is 19.1. The summed E-state index contributed by atoms with van der Waals surface area (Å²) in [7, 11) is 3.02. The predicted octanol–water partition coefficient (Wildman–Crippen LogP) is 5.27. The molecular weight excluding hydrogens is 496 g/mol. The molecule has 0 aliphatic carbocycles. The first-order valence-electron chi connectivity index (χ1n) is 11.1. The highest BCUT2D eigenvalue weighted by Gasteiger charge is 2.10. The second kappa shape index (κ2) is 13.4. The number of pyridine rings is 4. The van der Waals surface area contributed by atoms with Crippen LogP contribution >= 0.6 is 21.6 Å². The second-order valence-corrected chi connectivity index (χ2v) is 9.98. The molecular formula is C26H22N4O4S2. The fourth-order valence-electron chi connectivity index (χ4n) is 2.99. The molecule has 4 heterocycles. The molecule has 0 aliphatic rings. The molecule has 10 heteroatoms. The van der Waals surface area contributed by atoms with Gasteiger partial charge in [0.25, 0.3) is 0 Å². The highest BCUT2D eigenvalue weighted by atomic mass is 33.1. The van der Waals surface area contributed by atoms with E-state index in [0.29, 0.717) is 45.8 Å². The van der Waals surface area contributed by atoms with Gasteiger partial charge in [0, 0.05) is 48.4 Å². The van der Waals surface area contributed by atoms with E-state index in [-0.39, 0.29) is 24.8 Å². The molecule has 0 radical (unpaired) electrons. The van der Waals surface area contributed by atoms with Crippen molar-refractivity contribution in [1.29, 1.82) is 0 Å². The third-order valence-electron chi connectivity index (χ3n) is 4.64. The summed E-state index contributed by atoms with van der Waals surface area (Å²) in [6, 6.07) is 17.7. The van der Waals surface area contributed by atoms with Crippen molar-refractivity contribution in [3.63, 3.8) is 0 Å². The van der Waals surface area contributed by atoms with E-state index in [1.807, 2.05) is 36.4 Å². The summed E-state index contributed by atoms with van der Waals surface area (Å²) < 4.78 is 10.8. The minimum Gasteiger partial charge on any atom is -0.426 e. The summed E-state index contributed by atoms with van der Waals surface area (Å²) in [6.45, 7) is 0. The van der Waals surface area contributed by atoms with Crippen LogP contribution in [0, 0.1) is 0 Å². The molecule has 0 saturated heterocycles. The Balaban J connectivity index is 1.13. The van der Waals surface area contributed by atoms with E-state index in [1.165, 1.54) is 21.6 Å². The molecule has 0 aliphatic heterocycles. The molecule has 0 fully saturated rings. The molecule has 0 bridgehead atoms. The van der Waals surface area contributed by atoms with Crippen molar-refractivity contribution in [3.05, 3.63) is 85.5 Å². The van der Waals surface area contributed by atoms with Crippen molar-refractivity contribution in [2.24, 2.45) is 0 Å². The first-order valence-corrected chi connectivity index (χ1v) is 13.6. The van der Waals surface area contributed by atoms with Gasteiger partial charge in [-0.3, -0.25) is 29.5 Å². The largest absolute Gasteiger partial charge is 0.426 e. The van der Waals surface area contributed by atoms with Crippen molar-refractivity contribution < 1.29 is 19.1 Å². The summed E-state index contributed by atoms with van der Waals surface area (Å²) in [4.78, 5) is 41.4. The first-order chi connectivity index (χ1) is 17.7. The van der Waals surface area contributed by atoms with Gasteiger partial charge in [-0.2, -0.15) is 0 Å². The molecule has 0 spiro atoms. The van der Waals surface area contributed by atoms with E-state index in [1.54, 1.807) is 49.1 Å². The van der Waals surface area contributed by atoms with E-state index in [2.05, 4.69) is 19.9 Å². The number of hydrogen-bond acceptors (Lipinski definition) is 10. The van der Waals surface area contributed by atoms with Crippen molar-refractivity contribution in [1.82, 2.24) is 19.9 Å².